The van der Waals surface area contributed by atoms with Crippen LogP contribution in [-0.4, -0.2) is 8.32 Å². The summed E-state index contributed by atoms with van der Waals surface area (Å²) in [6, 6.07) is 5.41. The Hall–Kier alpha value is -0.673. The van der Waals surface area contributed by atoms with Crippen molar-refractivity contribution in [1.29, 1.82) is 0 Å². The van der Waals surface area contributed by atoms with Crippen LogP contribution in [0, 0.1) is 12.7 Å². The van der Waals surface area contributed by atoms with Gasteiger partial charge in [-0.25, -0.2) is 4.39 Å². The zero-order valence-corrected chi connectivity index (χ0v) is 13.9. The van der Waals surface area contributed by atoms with E-state index in [-0.39, 0.29) is 16.5 Å². The maximum atomic E-state index is 13.4. The maximum absolute atomic E-state index is 13.4. The van der Waals surface area contributed by atoms with Gasteiger partial charge in [-0.1, -0.05) is 32.9 Å². The normalized spacial score (nSPS) is 18.5. The summed E-state index contributed by atoms with van der Waals surface area (Å²) in [4.78, 5) is 0. The van der Waals surface area contributed by atoms with Gasteiger partial charge in [0, 0.05) is 0 Å². The van der Waals surface area contributed by atoms with Crippen molar-refractivity contribution >= 4 is 8.32 Å². The zero-order chi connectivity index (χ0) is 14.5. The number of halogens is 1. The average Bonchev–Trinajstić information content (AvgIpc) is 3.00. The fourth-order valence-electron chi connectivity index (χ4n) is 2.13. The van der Waals surface area contributed by atoms with Gasteiger partial charge < -0.3 is 4.43 Å². The Morgan fingerprint density at radius 2 is 1.79 bits per heavy atom. The van der Waals surface area contributed by atoms with E-state index in [1.165, 1.54) is 0 Å². The Labute approximate surface area is 117 Å². The topological polar surface area (TPSA) is 9.23 Å². The highest BCUT2D eigenvalue weighted by Gasteiger charge is 2.52. The second-order valence-corrected chi connectivity index (χ2v) is 12.0. The second kappa shape index (κ2) is 4.42. The van der Waals surface area contributed by atoms with Crippen LogP contribution in [0.4, 0.5) is 4.39 Å². The number of aryl methyl sites for hydroxylation is 1. The van der Waals surface area contributed by atoms with Crippen LogP contribution in [0.15, 0.2) is 18.2 Å². The first-order valence-electron chi connectivity index (χ1n) is 7.04. The van der Waals surface area contributed by atoms with Crippen LogP contribution in [0.1, 0.15) is 44.7 Å². The molecule has 1 aliphatic rings. The van der Waals surface area contributed by atoms with Crippen molar-refractivity contribution in [3.05, 3.63) is 35.1 Å². The fraction of sp³-hybridized carbons (Fsp3) is 0.625. The van der Waals surface area contributed by atoms with Crippen LogP contribution < -0.4 is 0 Å². The first kappa shape index (κ1) is 14.7. The van der Waals surface area contributed by atoms with E-state index in [1.54, 1.807) is 6.07 Å². The molecule has 0 spiro atoms. The minimum atomic E-state index is -1.79. The molecule has 1 aromatic rings. The van der Waals surface area contributed by atoms with Gasteiger partial charge >= 0.3 is 0 Å². The third kappa shape index (κ3) is 2.77. The van der Waals surface area contributed by atoms with Crippen LogP contribution in [-0.2, 0) is 10.0 Å². The molecule has 3 heteroatoms. The minimum absolute atomic E-state index is 0.133. The molecule has 1 saturated carbocycles. The van der Waals surface area contributed by atoms with Gasteiger partial charge in [-0.3, -0.25) is 0 Å². The monoisotopic (exact) mass is 280 g/mol. The van der Waals surface area contributed by atoms with Crippen molar-refractivity contribution in [1.82, 2.24) is 0 Å². The lowest BCUT2D eigenvalue weighted by Crippen LogP contribution is -2.44. The standard InChI is InChI=1S/C16H25FOSi/c1-12-11-13(7-8-14(12)17)16(9-10-16)18-19(5,6)15(2,3)4/h7-8,11H,9-10H2,1-6H3. The summed E-state index contributed by atoms with van der Waals surface area (Å²) in [6.45, 7) is 13.1. The molecule has 1 fully saturated rings. The molecule has 0 aromatic heterocycles. The Morgan fingerprint density at radius 1 is 1.21 bits per heavy atom. The van der Waals surface area contributed by atoms with Crippen LogP contribution in [0.3, 0.4) is 0 Å². The van der Waals surface area contributed by atoms with E-state index in [1.807, 2.05) is 19.1 Å². The average molecular weight is 280 g/mol. The molecule has 19 heavy (non-hydrogen) atoms. The summed E-state index contributed by atoms with van der Waals surface area (Å²) in [6.07, 6.45) is 2.12. The molecule has 0 amide bonds. The second-order valence-electron chi connectivity index (χ2n) is 7.32. The van der Waals surface area contributed by atoms with Crippen molar-refractivity contribution < 1.29 is 8.82 Å². The molecule has 106 valence electrons. The van der Waals surface area contributed by atoms with Gasteiger partial charge in [-0.05, 0) is 55.1 Å². The quantitative estimate of drug-likeness (QED) is 0.696. The molecule has 0 N–H and O–H groups in total. The highest BCUT2D eigenvalue weighted by molar-refractivity contribution is 6.74. The number of hydrogen-bond donors (Lipinski definition) is 0. The molecule has 1 aromatic carbocycles. The first-order valence-corrected chi connectivity index (χ1v) is 9.95. The van der Waals surface area contributed by atoms with Crippen molar-refractivity contribution in [3.63, 3.8) is 0 Å². The van der Waals surface area contributed by atoms with E-state index >= 15 is 0 Å². The largest absolute Gasteiger partial charge is 0.407 e. The molecule has 0 bridgehead atoms. The molecule has 1 nitrogen and oxygen atoms in total. The molecule has 0 atom stereocenters. The Balaban J connectivity index is 2.27. The Bertz CT molecular complexity index is 484. The Kier molecular flexibility index (Phi) is 3.43. The van der Waals surface area contributed by atoms with Gasteiger partial charge in [-0.2, -0.15) is 0 Å². The lowest BCUT2D eigenvalue weighted by Gasteiger charge is -2.40. The molecule has 0 heterocycles. The van der Waals surface area contributed by atoms with Crippen molar-refractivity contribution in [2.24, 2.45) is 0 Å². The fourth-order valence-corrected chi connectivity index (χ4v) is 3.74. The highest BCUT2D eigenvalue weighted by Crippen LogP contribution is 2.54. The third-order valence-corrected chi connectivity index (χ3v) is 9.16. The first-order chi connectivity index (χ1) is 8.57. The van der Waals surface area contributed by atoms with Crippen LogP contribution in [0.2, 0.25) is 18.1 Å². The minimum Gasteiger partial charge on any atom is -0.407 e. The van der Waals surface area contributed by atoms with Gasteiger partial charge in [0.1, 0.15) is 5.82 Å². The third-order valence-electron chi connectivity index (χ3n) is 4.64. The number of hydrogen-bond acceptors (Lipinski definition) is 1. The van der Waals surface area contributed by atoms with Gasteiger partial charge in [0.05, 0.1) is 5.60 Å². The molecule has 1 aliphatic carbocycles. The molecule has 0 aliphatic heterocycles. The summed E-state index contributed by atoms with van der Waals surface area (Å²) in [5.74, 6) is -0.133. The molecule has 0 saturated heterocycles. The van der Waals surface area contributed by atoms with E-state index < -0.39 is 8.32 Å². The number of rotatable bonds is 3. The molecular weight excluding hydrogens is 255 g/mol. The van der Waals surface area contributed by atoms with Crippen molar-refractivity contribution in [2.75, 3.05) is 0 Å². The summed E-state index contributed by atoms with van der Waals surface area (Å²) in [5.41, 5.74) is 1.72. The summed E-state index contributed by atoms with van der Waals surface area (Å²) in [5, 5.41) is 0.206. The van der Waals surface area contributed by atoms with Crippen LogP contribution in [0.25, 0.3) is 0 Å². The number of benzene rings is 1. The molecular formula is C16H25FOSi. The predicted octanol–water partition coefficient (Wildman–Crippen LogP) is 5.15. The SMILES string of the molecule is Cc1cc(C2(O[Si](C)(C)C(C)(C)C)CC2)ccc1F. The van der Waals surface area contributed by atoms with Gasteiger partial charge in [0.15, 0.2) is 8.32 Å². The zero-order valence-electron chi connectivity index (χ0n) is 12.9. The molecule has 0 unspecified atom stereocenters. The summed E-state index contributed by atoms with van der Waals surface area (Å²) in [7, 11) is -1.79. The van der Waals surface area contributed by atoms with Gasteiger partial charge in [0.25, 0.3) is 0 Å². The van der Waals surface area contributed by atoms with E-state index in [9.17, 15) is 4.39 Å². The van der Waals surface area contributed by atoms with Crippen LogP contribution in [0.5, 0.6) is 0 Å². The highest BCUT2D eigenvalue weighted by atomic mass is 28.4. The Morgan fingerprint density at radius 3 is 2.21 bits per heavy atom. The predicted molar refractivity (Wildman–Crippen MR) is 80.3 cm³/mol. The lowest BCUT2D eigenvalue weighted by atomic mass is 10.1. The van der Waals surface area contributed by atoms with E-state index in [0.29, 0.717) is 5.56 Å². The lowest BCUT2D eigenvalue weighted by molar-refractivity contribution is 0.159. The summed E-state index contributed by atoms with van der Waals surface area (Å²) >= 11 is 0. The van der Waals surface area contributed by atoms with Crippen molar-refractivity contribution in [2.45, 2.75) is 64.3 Å². The van der Waals surface area contributed by atoms with Gasteiger partial charge in [0.2, 0.25) is 0 Å². The summed E-state index contributed by atoms with van der Waals surface area (Å²) < 4.78 is 20.0. The van der Waals surface area contributed by atoms with E-state index in [2.05, 4.69) is 33.9 Å². The molecule has 0 radical (unpaired) electrons. The van der Waals surface area contributed by atoms with E-state index in [4.69, 9.17) is 4.43 Å². The van der Waals surface area contributed by atoms with E-state index in [0.717, 1.165) is 18.4 Å². The molecule has 2 rings (SSSR count). The smallest absolute Gasteiger partial charge is 0.193 e. The van der Waals surface area contributed by atoms with Gasteiger partial charge in [-0.15, -0.1) is 0 Å². The van der Waals surface area contributed by atoms with Crippen molar-refractivity contribution in [3.8, 4) is 0 Å². The van der Waals surface area contributed by atoms with Crippen LogP contribution >= 0.6 is 0 Å². The maximum Gasteiger partial charge on any atom is 0.193 e.